The van der Waals surface area contributed by atoms with E-state index >= 15 is 0 Å². The van der Waals surface area contributed by atoms with Crippen molar-refractivity contribution in [1.29, 1.82) is 0 Å². The second kappa shape index (κ2) is 7.27. The molecule has 1 rings (SSSR count). The Morgan fingerprint density at radius 1 is 1.22 bits per heavy atom. The Morgan fingerprint density at radius 3 is 2.50 bits per heavy atom. The van der Waals surface area contributed by atoms with Crippen LogP contribution in [0, 0.1) is 0 Å². The van der Waals surface area contributed by atoms with E-state index in [1.807, 2.05) is 26.0 Å². The summed E-state index contributed by atoms with van der Waals surface area (Å²) in [5, 5.41) is 0. The predicted molar refractivity (Wildman–Crippen MR) is 75.3 cm³/mol. The zero-order chi connectivity index (χ0) is 13.5. The largest absolute Gasteiger partial charge is 0.490 e. The summed E-state index contributed by atoms with van der Waals surface area (Å²) in [6, 6.07) is 6.11. The summed E-state index contributed by atoms with van der Waals surface area (Å²) in [6.45, 7) is 8.79. The summed E-state index contributed by atoms with van der Waals surface area (Å²) in [6.07, 6.45) is 1.95. The first kappa shape index (κ1) is 14.8. The molecule has 0 aliphatic rings. The monoisotopic (exact) mass is 251 g/mol. The summed E-state index contributed by atoms with van der Waals surface area (Å²) in [7, 11) is 0. The quantitative estimate of drug-likeness (QED) is 0.809. The van der Waals surface area contributed by atoms with Gasteiger partial charge in [0.05, 0.1) is 12.7 Å². The lowest BCUT2D eigenvalue weighted by atomic mass is 10.1. The van der Waals surface area contributed by atoms with Gasteiger partial charge in [-0.3, -0.25) is 0 Å². The van der Waals surface area contributed by atoms with Crippen LogP contribution in [0.15, 0.2) is 18.2 Å². The second-order valence-electron chi connectivity index (χ2n) is 4.70. The zero-order valence-corrected chi connectivity index (χ0v) is 11.9. The first-order valence-electron chi connectivity index (χ1n) is 6.75. The van der Waals surface area contributed by atoms with Gasteiger partial charge in [0.25, 0.3) is 0 Å². The highest BCUT2D eigenvalue weighted by Crippen LogP contribution is 2.33. The highest BCUT2D eigenvalue weighted by Gasteiger charge is 2.14. The highest BCUT2D eigenvalue weighted by atomic mass is 16.5. The van der Waals surface area contributed by atoms with E-state index in [4.69, 9.17) is 15.2 Å². The minimum atomic E-state index is 0.112. The van der Waals surface area contributed by atoms with E-state index < -0.39 is 0 Å². The van der Waals surface area contributed by atoms with Crippen LogP contribution in [0.4, 0.5) is 0 Å². The van der Waals surface area contributed by atoms with Crippen LogP contribution in [0.2, 0.25) is 0 Å². The van der Waals surface area contributed by atoms with Gasteiger partial charge in [0.1, 0.15) is 0 Å². The second-order valence-corrected chi connectivity index (χ2v) is 4.70. The molecule has 0 aliphatic heterocycles. The van der Waals surface area contributed by atoms with E-state index in [0.717, 1.165) is 29.9 Å². The van der Waals surface area contributed by atoms with Gasteiger partial charge in [-0.1, -0.05) is 19.1 Å². The van der Waals surface area contributed by atoms with Crippen molar-refractivity contribution in [1.82, 2.24) is 0 Å². The number of hydrogen-bond acceptors (Lipinski definition) is 3. The third kappa shape index (κ3) is 4.22. The summed E-state index contributed by atoms with van der Waals surface area (Å²) in [5.41, 5.74) is 7.01. The third-order valence-electron chi connectivity index (χ3n) is 2.80. The van der Waals surface area contributed by atoms with Crippen LogP contribution in [0.3, 0.4) is 0 Å². The van der Waals surface area contributed by atoms with E-state index in [-0.39, 0.29) is 12.1 Å². The minimum absolute atomic E-state index is 0.112. The molecule has 0 heterocycles. The number of benzene rings is 1. The minimum Gasteiger partial charge on any atom is -0.490 e. The van der Waals surface area contributed by atoms with Gasteiger partial charge >= 0.3 is 0 Å². The lowest BCUT2D eigenvalue weighted by Crippen LogP contribution is -2.19. The number of nitrogens with two attached hydrogens (primary N) is 1. The van der Waals surface area contributed by atoms with Gasteiger partial charge in [0.15, 0.2) is 11.5 Å². The topological polar surface area (TPSA) is 44.5 Å². The van der Waals surface area contributed by atoms with E-state index in [1.54, 1.807) is 0 Å². The maximum Gasteiger partial charge on any atom is 0.164 e. The molecule has 3 heteroatoms. The van der Waals surface area contributed by atoms with Crippen LogP contribution < -0.4 is 15.2 Å². The maximum absolute atomic E-state index is 6.00. The first-order valence-corrected chi connectivity index (χ1v) is 6.75. The standard InChI is InChI=1S/C15H25NO2/c1-5-12(4)18-15-13(10-11(3)16)8-7-9-14(15)17-6-2/h7-9,11-12H,5-6,10,16H2,1-4H3. The van der Waals surface area contributed by atoms with Gasteiger partial charge < -0.3 is 15.2 Å². The molecule has 0 saturated carbocycles. The molecule has 1 aromatic carbocycles. The fraction of sp³-hybridized carbons (Fsp3) is 0.600. The van der Waals surface area contributed by atoms with Crippen molar-refractivity contribution in [2.24, 2.45) is 5.73 Å². The Morgan fingerprint density at radius 2 is 1.94 bits per heavy atom. The van der Waals surface area contributed by atoms with Crippen LogP contribution in [-0.4, -0.2) is 18.8 Å². The summed E-state index contributed by atoms with van der Waals surface area (Å²) in [4.78, 5) is 0. The number of rotatable bonds is 7. The molecular weight excluding hydrogens is 226 g/mol. The van der Waals surface area contributed by atoms with Crippen LogP contribution in [-0.2, 0) is 6.42 Å². The fourth-order valence-corrected chi connectivity index (χ4v) is 1.76. The Labute approximate surface area is 110 Å². The van der Waals surface area contributed by atoms with E-state index in [1.165, 1.54) is 0 Å². The van der Waals surface area contributed by atoms with Gasteiger partial charge in [-0.05, 0) is 45.2 Å². The Kier molecular flexibility index (Phi) is 5.99. The van der Waals surface area contributed by atoms with Crippen molar-refractivity contribution in [2.45, 2.75) is 52.7 Å². The van der Waals surface area contributed by atoms with Crippen molar-refractivity contribution in [3.05, 3.63) is 23.8 Å². The van der Waals surface area contributed by atoms with Crippen LogP contribution in [0.1, 0.15) is 39.7 Å². The normalized spacial score (nSPS) is 14.1. The third-order valence-corrected chi connectivity index (χ3v) is 2.80. The molecule has 0 bridgehead atoms. The Hall–Kier alpha value is -1.22. The molecule has 0 amide bonds. The van der Waals surface area contributed by atoms with Crippen LogP contribution in [0.5, 0.6) is 11.5 Å². The average Bonchev–Trinajstić information content (AvgIpc) is 2.32. The SMILES string of the molecule is CCOc1cccc(CC(C)N)c1OC(C)CC. The van der Waals surface area contributed by atoms with Crippen molar-refractivity contribution in [3.8, 4) is 11.5 Å². The molecule has 2 unspecified atom stereocenters. The van der Waals surface area contributed by atoms with E-state index in [9.17, 15) is 0 Å². The molecule has 0 saturated heterocycles. The highest BCUT2D eigenvalue weighted by molar-refractivity contribution is 5.47. The number of hydrogen-bond donors (Lipinski definition) is 1. The lowest BCUT2D eigenvalue weighted by Gasteiger charge is -2.20. The summed E-state index contributed by atoms with van der Waals surface area (Å²) >= 11 is 0. The molecule has 1 aromatic rings. The zero-order valence-electron chi connectivity index (χ0n) is 11.9. The number of ether oxygens (including phenoxy) is 2. The van der Waals surface area contributed by atoms with Crippen molar-refractivity contribution < 1.29 is 9.47 Å². The Balaban J connectivity index is 3.03. The van der Waals surface area contributed by atoms with Crippen molar-refractivity contribution >= 4 is 0 Å². The average molecular weight is 251 g/mol. The molecule has 2 N–H and O–H groups in total. The van der Waals surface area contributed by atoms with E-state index in [2.05, 4.69) is 19.9 Å². The molecule has 18 heavy (non-hydrogen) atoms. The lowest BCUT2D eigenvalue weighted by molar-refractivity contribution is 0.201. The fourth-order valence-electron chi connectivity index (χ4n) is 1.76. The summed E-state index contributed by atoms with van der Waals surface area (Å²) in [5.74, 6) is 1.67. The maximum atomic E-state index is 6.00. The smallest absolute Gasteiger partial charge is 0.164 e. The molecule has 0 fully saturated rings. The van der Waals surface area contributed by atoms with E-state index in [0.29, 0.717) is 6.61 Å². The van der Waals surface area contributed by atoms with Crippen molar-refractivity contribution in [2.75, 3.05) is 6.61 Å². The van der Waals surface area contributed by atoms with Gasteiger partial charge in [-0.2, -0.15) is 0 Å². The molecule has 0 radical (unpaired) electrons. The molecule has 0 aliphatic carbocycles. The van der Waals surface area contributed by atoms with Gasteiger partial charge in [-0.15, -0.1) is 0 Å². The first-order chi connectivity index (χ1) is 8.58. The summed E-state index contributed by atoms with van der Waals surface area (Å²) < 4.78 is 11.6. The van der Waals surface area contributed by atoms with Crippen LogP contribution >= 0.6 is 0 Å². The molecule has 0 spiro atoms. The van der Waals surface area contributed by atoms with Gasteiger partial charge in [-0.25, -0.2) is 0 Å². The molecule has 3 nitrogen and oxygen atoms in total. The number of para-hydroxylation sites is 1. The molecule has 102 valence electrons. The van der Waals surface area contributed by atoms with Crippen LogP contribution in [0.25, 0.3) is 0 Å². The Bertz CT molecular complexity index is 364. The predicted octanol–water partition coefficient (Wildman–Crippen LogP) is 3.15. The molecule has 2 atom stereocenters. The van der Waals surface area contributed by atoms with Gasteiger partial charge in [0.2, 0.25) is 0 Å². The molecule has 0 aromatic heterocycles. The molecular formula is C15H25NO2. The van der Waals surface area contributed by atoms with Gasteiger partial charge in [0, 0.05) is 6.04 Å². The van der Waals surface area contributed by atoms with Crippen molar-refractivity contribution in [3.63, 3.8) is 0 Å².